The smallest absolute Gasteiger partial charge is 0.463 e. The number of hydrogen-bond donors (Lipinski definition) is 4. The van der Waals surface area contributed by atoms with Gasteiger partial charge in [0.05, 0.1) is 26.4 Å². The van der Waals surface area contributed by atoms with Crippen LogP contribution in [0.25, 0.3) is 0 Å². The molecule has 672 valence electrons. The number of esters is 3. The number of allylic oxidation sites excluding steroid dienone is 26. The van der Waals surface area contributed by atoms with Crippen LogP contribution in [0.3, 0.4) is 0 Å². The minimum absolute atomic E-state index is 0.0892. The first-order valence-electron chi connectivity index (χ1n) is 46.8. The topological polar surface area (TPSA) is 231 Å². The lowest BCUT2D eigenvalue weighted by atomic mass is 10.0. The maximum Gasteiger partial charge on any atom is 0.472 e. The summed E-state index contributed by atoms with van der Waals surface area (Å²) in [4.78, 5) is 59.0. The van der Waals surface area contributed by atoms with E-state index in [4.69, 9.17) is 32.3 Å². The highest BCUT2D eigenvalue weighted by Crippen LogP contribution is 2.45. The van der Waals surface area contributed by atoms with Crippen molar-refractivity contribution in [3.8, 4) is 0 Å². The highest BCUT2D eigenvalue weighted by molar-refractivity contribution is 7.47. The Balaban J connectivity index is 4.64. The first kappa shape index (κ1) is 112. The molecule has 0 aliphatic heterocycles. The lowest BCUT2D eigenvalue weighted by molar-refractivity contribution is -0.161. The van der Waals surface area contributed by atoms with Gasteiger partial charge in [-0.2, -0.15) is 0 Å². The quantitative estimate of drug-likeness (QED) is 0.0146. The Bertz CT molecular complexity index is 2760. The van der Waals surface area contributed by atoms with Gasteiger partial charge in [-0.3, -0.25) is 32.5 Å². The summed E-state index contributed by atoms with van der Waals surface area (Å²) >= 11 is 0. The van der Waals surface area contributed by atoms with Crippen molar-refractivity contribution in [1.29, 1.82) is 0 Å². The van der Waals surface area contributed by atoms with E-state index >= 15 is 0 Å². The third-order valence-corrected chi connectivity index (χ3v) is 21.6. The van der Waals surface area contributed by atoms with Crippen LogP contribution >= 0.6 is 15.6 Å². The van der Waals surface area contributed by atoms with Gasteiger partial charge in [0.1, 0.15) is 25.4 Å². The van der Waals surface area contributed by atoms with Gasteiger partial charge in [0.15, 0.2) is 6.10 Å². The van der Waals surface area contributed by atoms with Crippen molar-refractivity contribution < 1.29 is 75.8 Å². The number of rotatable bonds is 88. The lowest BCUT2D eigenvalue weighted by Gasteiger charge is -2.21. The van der Waals surface area contributed by atoms with Gasteiger partial charge in [-0.15, -0.1) is 0 Å². The zero-order valence-electron chi connectivity index (χ0n) is 74.1. The predicted octanol–water partition coefficient (Wildman–Crippen LogP) is 28.9. The molecule has 0 fully saturated rings. The summed E-state index contributed by atoms with van der Waals surface area (Å²) in [5.41, 5.74) is 0. The Labute approximate surface area is 714 Å². The van der Waals surface area contributed by atoms with Crippen molar-refractivity contribution in [2.24, 2.45) is 0 Å². The fraction of sp³-hybridized carbons (Fsp3) is 0.707. The molecule has 0 spiro atoms. The van der Waals surface area contributed by atoms with Crippen LogP contribution in [-0.2, 0) is 55.8 Å². The van der Waals surface area contributed by atoms with Crippen LogP contribution in [0.4, 0.5) is 0 Å². The second kappa shape index (κ2) is 90.4. The van der Waals surface area contributed by atoms with E-state index in [0.29, 0.717) is 19.3 Å². The molecule has 0 aromatic carbocycles. The van der Waals surface area contributed by atoms with Crippen LogP contribution in [0.5, 0.6) is 0 Å². The van der Waals surface area contributed by atoms with Gasteiger partial charge >= 0.3 is 33.6 Å². The molecule has 0 aromatic rings. The third kappa shape index (κ3) is 91.7. The van der Waals surface area contributed by atoms with Gasteiger partial charge in [0.2, 0.25) is 0 Å². The molecule has 16 nitrogen and oxygen atoms in total. The second-order valence-electron chi connectivity index (χ2n) is 31.1. The number of aliphatic hydroxyl groups is 2. The number of carbonyl (C=O) groups excluding carboxylic acids is 3. The van der Waals surface area contributed by atoms with Crippen LogP contribution in [0.2, 0.25) is 0 Å². The maximum atomic E-state index is 13.1. The Kier molecular flexibility index (Phi) is 86.7. The van der Waals surface area contributed by atoms with E-state index in [1.54, 1.807) is 0 Å². The highest BCUT2D eigenvalue weighted by atomic mass is 31.2. The van der Waals surface area contributed by atoms with Gasteiger partial charge in [0.25, 0.3) is 0 Å². The van der Waals surface area contributed by atoms with E-state index < -0.39 is 91.5 Å². The van der Waals surface area contributed by atoms with E-state index in [0.717, 1.165) is 173 Å². The van der Waals surface area contributed by atoms with Crippen molar-refractivity contribution in [2.75, 3.05) is 39.6 Å². The molecule has 0 aliphatic carbocycles. The van der Waals surface area contributed by atoms with Gasteiger partial charge < -0.3 is 34.2 Å². The van der Waals surface area contributed by atoms with E-state index in [-0.39, 0.29) is 19.3 Å². The fourth-order valence-electron chi connectivity index (χ4n) is 12.6. The van der Waals surface area contributed by atoms with Crippen molar-refractivity contribution in [3.05, 3.63) is 158 Å². The molecule has 0 aliphatic rings. The van der Waals surface area contributed by atoms with Crippen LogP contribution < -0.4 is 0 Å². The Morgan fingerprint density at radius 3 is 0.718 bits per heavy atom. The predicted molar refractivity (Wildman–Crippen MR) is 491 cm³/mol. The van der Waals surface area contributed by atoms with Gasteiger partial charge in [-0.05, 0) is 154 Å². The van der Waals surface area contributed by atoms with Crippen molar-refractivity contribution >= 4 is 33.6 Å². The second-order valence-corrected chi connectivity index (χ2v) is 34.0. The molecule has 0 radical (unpaired) electrons. The Morgan fingerprint density at radius 1 is 0.248 bits per heavy atom. The van der Waals surface area contributed by atoms with Crippen molar-refractivity contribution in [1.82, 2.24) is 0 Å². The minimum Gasteiger partial charge on any atom is -0.463 e. The summed E-state index contributed by atoms with van der Waals surface area (Å²) in [5.74, 6) is -1.58. The zero-order valence-corrected chi connectivity index (χ0v) is 75.9. The molecule has 4 N–H and O–H groups in total. The van der Waals surface area contributed by atoms with Crippen LogP contribution in [0.15, 0.2) is 158 Å². The van der Waals surface area contributed by atoms with Gasteiger partial charge in [0, 0.05) is 19.3 Å². The molecule has 0 heterocycles. The van der Waals surface area contributed by atoms with Gasteiger partial charge in [-0.25, -0.2) is 9.13 Å². The molecule has 0 aromatic heterocycles. The largest absolute Gasteiger partial charge is 0.472 e. The van der Waals surface area contributed by atoms with Crippen LogP contribution in [-0.4, -0.2) is 95.9 Å². The molecule has 117 heavy (non-hydrogen) atoms. The number of carbonyl (C=O) groups is 3. The summed E-state index contributed by atoms with van der Waals surface area (Å²) in [6.45, 7) is 2.55. The highest BCUT2D eigenvalue weighted by Gasteiger charge is 2.29. The maximum absolute atomic E-state index is 13.1. The summed E-state index contributed by atoms with van der Waals surface area (Å²) < 4.78 is 61.5. The Hall–Kier alpha value is -4.83. The molecule has 0 bridgehead atoms. The molecular weight excluding hydrogens is 1510 g/mol. The summed E-state index contributed by atoms with van der Waals surface area (Å²) in [6, 6.07) is 0. The van der Waals surface area contributed by atoms with E-state index in [1.165, 1.54) is 161 Å². The third-order valence-electron chi connectivity index (χ3n) is 19.7. The Morgan fingerprint density at radius 2 is 0.453 bits per heavy atom. The number of phosphoric acid groups is 2. The number of aliphatic hydroxyl groups excluding tert-OH is 2. The molecule has 0 rings (SSSR count). The lowest BCUT2D eigenvalue weighted by Crippen LogP contribution is -2.30. The molecule has 5 atom stereocenters. The average Bonchev–Trinajstić information content (AvgIpc) is 0.904. The minimum atomic E-state index is -4.95. The monoisotopic (exact) mass is 1680 g/mol. The van der Waals surface area contributed by atoms with Crippen molar-refractivity contribution in [3.63, 3.8) is 0 Å². The fourth-order valence-corrected chi connectivity index (χ4v) is 14.2. The number of unbranched alkanes of at least 4 members (excludes halogenated alkanes) is 39. The molecular formula is C99H170O16P2. The summed E-state index contributed by atoms with van der Waals surface area (Å²) in [6.07, 6.45) is 116. The number of hydrogen-bond acceptors (Lipinski definition) is 14. The molecule has 0 saturated carbocycles. The molecule has 0 amide bonds. The average molecular weight is 1680 g/mol. The zero-order chi connectivity index (χ0) is 85.1. The molecule has 18 heteroatoms. The summed E-state index contributed by atoms with van der Waals surface area (Å²) in [7, 11) is -9.82. The molecule has 5 unspecified atom stereocenters. The van der Waals surface area contributed by atoms with Crippen LogP contribution in [0.1, 0.15) is 393 Å². The van der Waals surface area contributed by atoms with E-state index in [9.17, 15) is 43.5 Å². The van der Waals surface area contributed by atoms with Gasteiger partial charge in [-0.1, -0.05) is 378 Å². The van der Waals surface area contributed by atoms with E-state index in [2.05, 4.69) is 179 Å². The standard InChI is InChI=1S/C99H170O16P2/c1-4-7-10-13-16-19-22-25-28-31-34-37-40-42-44-46-48-50-53-55-58-61-64-67-70-73-76-79-82-85-97(102)109-88-94(100)89-111-116(105,106)112-90-95(101)91-113-117(107,108)114-93-96(115-99(104)87-84-81-78-75-72-69-66-63-60-57-52-39-36-33-30-27-24-21-18-15-12-9-6-3)92-110-98(103)86-83-80-77-74-71-68-65-62-59-56-54-51-49-47-45-43-41-38-35-32-29-26-23-20-17-14-11-8-5-2/h7,10,16-21,25-30,34-39,42-45,57,60,94-96,100-101H,4-6,8-9,11-15,22-24,31-33,40-41,46-56,58-59,61-93H2,1-3H3,(H,105,106)(H,107,108)/b10-7-,19-16-,20-17-,21-18-,28-25-,29-26-,30-27-,37-34-,38-35-,39-36-,44-42-,45-43-,60-57-. The first-order chi connectivity index (χ1) is 57.2. The first-order valence-corrected chi connectivity index (χ1v) is 49.8. The normalized spacial score (nSPS) is 14.5. The summed E-state index contributed by atoms with van der Waals surface area (Å²) in [5, 5.41) is 20.7. The van der Waals surface area contributed by atoms with E-state index in [1.807, 2.05) is 0 Å². The SMILES string of the molecule is CC/C=C\C/C=C\C/C=C\C/C=C\C/C=C\CCCCCCCCCCCCCCCC(=O)OCC(O)COP(=O)(O)OCC(O)COP(=O)(O)OCC(COC(=O)CCCCCCCCCCCCCCC/C=C\C/C=C\C/C=C\C/C=C\CCCCC)OC(=O)CCCCCCCCC/C=C\C/C=C\C/C=C\C/C=C\CCCCC. The molecule has 0 saturated heterocycles. The number of ether oxygens (including phenoxy) is 3. The van der Waals surface area contributed by atoms with Crippen molar-refractivity contribution in [2.45, 2.75) is 411 Å². The number of phosphoric ester groups is 2. The van der Waals surface area contributed by atoms with Crippen LogP contribution in [0, 0.1) is 0 Å².